The molecule has 2 aliphatic carbocycles. The Hall–Kier alpha value is -2.48. The third-order valence-corrected chi connectivity index (χ3v) is 9.08. The molecule has 1 aromatic carbocycles. The summed E-state index contributed by atoms with van der Waals surface area (Å²) >= 11 is 0. The molecular formula is C31H43N5O2. The average Bonchev–Trinajstić information content (AvgIpc) is 3.69. The fourth-order valence-electron chi connectivity index (χ4n) is 6.46. The van der Waals surface area contributed by atoms with E-state index in [9.17, 15) is 10.2 Å². The van der Waals surface area contributed by atoms with Crippen molar-refractivity contribution in [1.82, 2.24) is 19.4 Å². The van der Waals surface area contributed by atoms with Crippen LogP contribution in [-0.2, 0) is 6.42 Å². The predicted molar refractivity (Wildman–Crippen MR) is 152 cm³/mol. The summed E-state index contributed by atoms with van der Waals surface area (Å²) in [6.07, 6.45) is 15.2. The van der Waals surface area contributed by atoms with Crippen LogP contribution in [0.25, 0.3) is 22.2 Å². The summed E-state index contributed by atoms with van der Waals surface area (Å²) < 4.78 is 2.36. The molecule has 0 atom stereocenters. The summed E-state index contributed by atoms with van der Waals surface area (Å²) in [5, 5.41) is 23.8. The molecule has 3 N–H and O–H groups in total. The van der Waals surface area contributed by atoms with Gasteiger partial charge in [0, 0.05) is 42.5 Å². The van der Waals surface area contributed by atoms with Crippen LogP contribution in [0, 0.1) is 11.8 Å². The van der Waals surface area contributed by atoms with E-state index in [1.807, 2.05) is 6.20 Å². The maximum Gasteiger partial charge on any atom is 0.224 e. The molecule has 0 amide bonds. The van der Waals surface area contributed by atoms with Crippen LogP contribution in [0.3, 0.4) is 0 Å². The molecule has 3 aliphatic rings. The van der Waals surface area contributed by atoms with Gasteiger partial charge in [-0.25, -0.2) is 4.98 Å². The first-order chi connectivity index (χ1) is 18.7. The number of aliphatic hydroxyl groups excluding tert-OH is 2. The quantitative estimate of drug-likeness (QED) is 0.350. The van der Waals surface area contributed by atoms with Crippen molar-refractivity contribution in [3.63, 3.8) is 0 Å². The van der Waals surface area contributed by atoms with Gasteiger partial charge in [-0.05, 0) is 87.4 Å². The molecule has 3 aromatic rings. The lowest BCUT2D eigenvalue weighted by Crippen LogP contribution is -2.36. The summed E-state index contributed by atoms with van der Waals surface area (Å²) in [6, 6.07) is 9.48. The highest BCUT2D eigenvalue weighted by Crippen LogP contribution is 2.37. The standard InChI is InChI=1S/C31H43N5O2/c37-18-17-35-15-12-24(13-16-35)19-23-3-5-25(6-4-23)29-21-36(26-7-9-27(38)10-8-26)30-28(29)20-33-31(34-30)32-14-11-22-1-2-22/h3-6,20-22,24,26-27,37-38H,1-2,7-19H2,(H,32,33,34). The van der Waals surface area contributed by atoms with Crippen molar-refractivity contribution in [2.24, 2.45) is 11.8 Å². The van der Waals surface area contributed by atoms with Gasteiger partial charge in [0.2, 0.25) is 5.95 Å². The maximum absolute atomic E-state index is 10.1. The van der Waals surface area contributed by atoms with Gasteiger partial charge in [-0.2, -0.15) is 4.98 Å². The van der Waals surface area contributed by atoms with Crippen LogP contribution in [0.2, 0.25) is 0 Å². The third-order valence-electron chi connectivity index (χ3n) is 9.08. The minimum atomic E-state index is -0.170. The second kappa shape index (κ2) is 11.7. The normalized spacial score (nSPS) is 23.2. The Labute approximate surface area is 226 Å². The first-order valence-electron chi connectivity index (χ1n) is 14.9. The number of benzene rings is 1. The van der Waals surface area contributed by atoms with E-state index in [4.69, 9.17) is 9.97 Å². The minimum Gasteiger partial charge on any atom is -0.395 e. The smallest absolute Gasteiger partial charge is 0.224 e. The lowest BCUT2D eigenvalue weighted by molar-refractivity contribution is 0.111. The highest BCUT2D eigenvalue weighted by atomic mass is 16.3. The second-order valence-electron chi connectivity index (χ2n) is 11.9. The largest absolute Gasteiger partial charge is 0.395 e. The van der Waals surface area contributed by atoms with Crippen molar-refractivity contribution in [3.8, 4) is 11.1 Å². The topological polar surface area (TPSA) is 86.4 Å². The van der Waals surface area contributed by atoms with Crippen LogP contribution in [0.1, 0.15) is 69.4 Å². The van der Waals surface area contributed by atoms with E-state index < -0.39 is 0 Å². The Kier molecular flexibility index (Phi) is 7.95. The molecule has 3 fully saturated rings. The van der Waals surface area contributed by atoms with Crippen molar-refractivity contribution in [2.75, 3.05) is 38.1 Å². The van der Waals surface area contributed by atoms with Crippen molar-refractivity contribution in [1.29, 1.82) is 0 Å². The molecule has 204 valence electrons. The lowest BCUT2D eigenvalue weighted by atomic mass is 9.89. The predicted octanol–water partition coefficient (Wildman–Crippen LogP) is 5.03. The van der Waals surface area contributed by atoms with Gasteiger partial charge in [0.1, 0.15) is 5.65 Å². The van der Waals surface area contributed by atoms with Crippen LogP contribution in [-0.4, -0.2) is 68.5 Å². The number of aliphatic hydroxyl groups is 2. The second-order valence-corrected chi connectivity index (χ2v) is 11.9. The maximum atomic E-state index is 10.1. The molecule has 2 saturated carbocycles. The van der Waals surface area contributed by atoms with Gasteiger partial charge >= 0.3 is 0 Å². The zero-order chi connectivity index (χ0) is 25.9. The third kappa shape index (κ3) is 6.05. The van der Waals surface area contributed by atoms with Crippen LogP contribution in [0.5, 0.6) is 0 Å². The minimum absolute atomic E-state index is 0.170. The number of β-amino-alcohol motifs (C(OH)–C–C–N with tert-alkyl or cyclic N) is 1. The molecule has 6 rings (SSSR count). The number of fused-ring (bicyclic) bond motifs is 1. The Morgan fingerprint density at radius 2 is 1.68 bits per heavy atom. The van der Waals surface area contributed by atoms with Gasteiger partial charge in [-0.3, -0.25) is 0 Å². The SMILES string of the molecule is OCCN1CCC(Cc2ccc(-c3cn(C4CCC(O)CC4)c4nc(NCCC5CC5)ncc34)cc2)CC1. The molecule has 2 aromatic heterocycles. The molecule has 1 aliphatic heterocycles. The van der Waals surface area contributed by atoms with E-state index in [0.29, 0.717) is 6.04 Å². The molecule has 7 nitrogen and oxygen atoms in total. The summed E-state index contributed by atoms with van der Waals surface area (Å²) in [5.74, 6) is 2.33. The molecule has 0 bridgehead atoms. The number of hydrogen-bond donors (Lipinski definition) is 3. The summed E-state index contributed by atoms with van der Waals surface area (Å²) in [6.45, 7) is 4.19. The highest BCUT2D eigenvalue weighted by Gasteiger charge is 2.25. The van der Waals surface area contributed by atoms with Crippen molar-refractivity contribution in [3.05, 3.63) is 42.2 Å². The van der Waals surface area contributed by atoms with Crippen LogP contribution < -0.4 is 5.32 Å². The number of nitrogens with one attached hydrogen (secondary N) is 1. The van der Waals surface area contributed by atoms with Gasteiger partial charge < -0.3 is 25.0 Å². The fraction of sp³-hybridized carbons (Fsp3) is 0.613. The average molecular weight is 518 g/mol. The molecule has 1 saturated heterocycles. The van der Waals surface area contributed by atoms with Gasteiger partial charge in [0.15, 0.2) is 0 Å². The number of rotatable bonds is 10. The number of anilines is 1. The van der Waals surface area contributed by atoms with E-state index in [1.54, 1.807) is 0 Å². The summed E-state index contributed by atoms with van der Waals surface area (Å²) in [7, 11) is 0. The molecular weight excluding hydrogens is 474 g/mol. The number of aromatic nitrogens is 3. The zero-order valence-corrected chi connectivity index (χ0v) is 22.6. The van der Waals surface area contributed by atoms with E-state index >= 15 is 0 Å². The highest BCUT2D eigenvalue weighted by molar-refractivity contribution is 5.94. The van der Waals surface area contributed by atoms with Gasteiger partial charge in [-0.1, -0.05) is 37.1 Å². The van der Waals surface area contributed by atoms with Crippen LogP contribution >= 0.6 is 0 Å². The van der Waals surface area contributed by atoms with Crippen molar-refractivity contribution in [2.45, 2.75) is 76.4 Å². The number of nitrogens with zero attached hydrogens (tertiary/aromatic N) is 4. The number of piperidine rings is 1. The van der Waals surface area contributed by atoms with Crippen LogP contribution in [0.15, 0.2) is 36.7 Å². The van der Waals surface area contributed by atoms with Crippen molar-refractivity contribution >= 4 is 17.0 Å². The van der Waals surface area contributed by atoms with E-state index in [1.165, 1.54) is 48.8 Å². The van der Waals surface area contributed by atoms with Gasteiger partial charge in [0.25, 0.3) is 0 Å². The molecule has 0 radical (unpaired) electrons. The Morgan fingerprint density at radius 1 is 0.921 bits per heavy atom. The van der Waals surface area contributed by atoms with Crippen LogP contribution in [0.4, 0.5) is 5.95 Å². The van der Waals surface area contributed by atoms with E-state index in [0.717, 1.165) is 87.1 Å². The molecule has 0 unspecified atom stereocenters. The Bertz CT molecular complexity index is 1190. The Balaban J connectivity index is 1.21. The van der Waals surface area contributed by atoms with Crippen molar-refractivity contribution < 1.29 is 10.2 Å². The first kappa shape index (κ1) is 25.8. The van der Waals surface area contributed by atoms with E-state index in [2.05, 4.69) is 45.2 Å². The first-order valence-corrected chi connectivity index (χ1v) is 14.9. The molecule has 3 heterocycles. The van der Waals surface area contributed by atoms with Gasteiger partial charge in [0.05, 0.1) is 12.7 Å². The molecule has 7 heteroatoms. The summed E-state index contributed by atoms with van der Waals surface area (Å²) in [4.78, 5) is 12.1. The lowest BCUT2D eigenvalue weighted by Gasteiger charge is -2.31. The van der Waals surface area contributed by atoms with E-state index in [-0.39, 0.29) is 12.7 Å². The molecule has 0 spiro atoms. The van der Waals surface area contributed by atoms with Gasteiger partial charge in [-0.15, -0.1) is 0 Å². The summed E-state index contributed by atoms with van der Waals surface area (Å²) in [5.41, 5.74) is 4.81. The zero-order valence-electron chi connectivity index (χ0n) is 22.6. The Morgan fingerprint density at radius 3 is 2.39 bits per heavy atom. The fourth-order valence-corrected chi connectivity index (χ4v) is 6.46. The number of likely N-dealkylation sites (tertiary alicyclic amines) is 1. The monoisotopic (exact) mass is 517 g/mol. The number of hydrogen-bond acceptors (Lipinski definition) is 6. The molecule has 38 heavy (non-hydrogen) atoms.